The number of ether oxygens (including phenoxy) is 2. The Hall–Kier alpha value is -3.49. The number of carbonyl (C=O) groups is 2. The first-order valence-electron chi connectivity index (χ1n) is 25.1. The second-order valence-corrected chi connectivity index (χ2v) is 23.8. The summed E-state index contributed by atoms with van der Waals surface area (Å²) in [6, 6.07) is 2.08. The number of guanidine groups is 1. The second kappa shape index (κ2) is 19.6. The number of nitrogens with one attached hydrogen (secondary N) is 2. The standard InChI is InChI=1S/C51H74N6O6S2/c1-34(58)62-41-13-12-36-27-38(45(61)46-44(36)37-14-21-50(63-46)19-8-10-39(50)28-37)32-57-33-48(31-43(57)60,30-35-15-23-54-42(52)26-35)22-24-55-47(53)56-51(20-9-18-49(51)16-5-6-17-49)65-64-25-7-3-2-4-11-40(59)29-41/h14-15,21,26-27,37,39-41,54,59,61H,2-13,16-20,22-25,28-33,52H2,1H3,(H3,53,55,56)/t37-,39-,40-,41+,48-,50+,51+/m0/s1. The first kappa shape index (κ1) is 46.6. The molecular formula is C51H74N6O6S2. The number of nitrogens with two attached hydrogens (primary N) is 2. The fraction of sp³-hybridized carbons (Fsp3) is 0.706. The third-order valence-corrected chi connectivity index (χ3v) is 19.9. The summed E-state index contributed by atoms with van der Waals surface area (Å²) in [6.45, 7) is 3.31. The average Bonchev–Trinajstić information content (AvgIpc) is 4.02. The molecule has 12 nitrogen and oxygen atoms in total. The Bertz CT molecular complexity index is 2060. The molecule has 9 aliphatic rings. The van der Waals surface area contributed by atoms with Gasteiger partial charge in [0.15, 0.2) is 17.5 Å². The molecule has 5 aliphatic heterocycles. The van der Waals surface area contributed by atoms with Gasteiger partial charge in [0.05, 0.1) is 11.9 Å². The van der Waals surface area contributed by atoms with Crippen molar-refractivity contribution in [1.82, 2.24) is 15.5 Å². The number of esters is 1. The Balaban J connectivity index is 1.04. The lowest BCUT2D eigenvalue weighted by molar-refractivity contribution is -0.148. The van der Waals surface area contributed by atoms with Gasteiger partial charge >= 0.3 is 5.97 Å². The fourth-order valence-electron chi connectivity index (χ4n) is 13.4. The molecule has 6 bridgehead atoms. The van der Waals surface area contributed by atoms with Crippen molar-refractivity contribution in [2.75, 3.05) is 25.4 Å². The van der Waals surface area contributed by atoms with E-state index in [1.807, 2.05) is 32.6 Å². The summed E-state index contributed by atoms with van der Waals surface area (Å²) in [5.74, 6) is 2.99. The number of allylic oxidation sites excluding steroid dienone is 3. The molecule has 65 heavy (non-hydrogen) atoms. The van der Waals surface area contributed by atoms with Crippen molar-refractivity contribution in [3.63, 3.8) is 0 Å². The van der Waals surface area contributed by atoms with E-state index in [2.05, 4.69) is 34.9 Å². The van der Waals surface area contributed by atoms with Crippen molar-refractivity contribution in [1.29, 1.82) is 0 Å². The van der Waals surface area contributed by atoms with E-state index < -0.39 is 23.2 Å². The molecule has 1 saturated heterocycles. The number of carbonyl (C=O) groups excluding carboxylic acids is 2. The van der Waals surface area contributed by atoms with Crippen LogP contribution in [0, 0.1) is 16.7 Å². The molecule has 0 aromatic heterocycles. The van der Waals surface area contributed by atoms with Crippen LogP contribution in [0.2, 0.25) is 0 Å². The van der Waals surface area contributed by atoms with Gasteiger partial charge in [0, 0.05) is 85.5 Å². The Morgan fingerprint density at radius 1 is 1.00 bits per heavy atom. The average molecular weight is 931 g/mol. The van der Waals surface area contributed by atoms with E-state index in [0.29, 0.717) is 93.6 Å². The minimum Gasteiger partial charge on any atom is -0.504 e. The number of aliphatic hydroxyl groups is 1. The maximum Gasteiger partial charge on any atom is 0.302 e. The summed E-state index contributed by atoms with van der Waals surface area (Å²) in [5, 5.41) is 30.7. The number of dihydropyridines is 1. The first-order valence-corrected chi connectivity index (χ1v) is 27.4. The topological polar surface area (TPSA) is 185 Å². The van der Waals surface area contributed by atoms with E-state index in [1.54, 1.807) is 0 Å². The number of fused-ring (bicyclic) bond motifs is 5. The van der Waals surface area contributed by atoms with E-state index in [9.17, 15) is 19.8 Å². The lowest BCUT2D eigenvalue weighted by Gasteiger charge is -2.44. The molecule has 3 spiro atoms. The maximum atomic E-state index is 14.4. The van der Waals surface area contributed by atoms with E-state index in [1.165, 1.54) is 45.4 Å². The van der Waals surface area contributed by atoms with Crippen molar-refractivity contribution in [2.45, 2.75) is 183 Å². The van der Waals surface area contributed by atoms with Gasteiger partial charge in [-0.2, -0.15) is 0 Å². The zero-order chi connectivity index (χ0) is 45.2. The normalized spacial score (nSPS) is 34.4. The lowest BCUT2D eigenvalue weighted by Crippen LogP contribution is -2.55. The summed E-state index contributed by atoms with van der Waals surface area (Å²) in [5.41, 5.74) is 16.3. The SMILES string of the molecule is CC(=O)O[C@@H]1CCc2cc(c(O)c3c2[C@H]2C=C[C@@]4(CCC[C@H]4C2)O3)CN2C[C@](CC3=CCNC(N)=C3)(CCN=C(N)N[C@]3(CCCC34CCCC4)SSCCCCCC[C@H](O)C1)CC2=O. The predicted octanol–water partition coefficient (Wildman–Crippen LogP) is 8.50. The van der Waals surface area contributed by atoms with Crippen molar-refractivity contribution in [3.05, 3.63) is 58.5 Å². The zero-order valence-corrected chi connectivity index (χ0v) is 40.3. The first-order chi connectivity index (χ1) is 31.4. The van der Waals surface area contributed by atoms with Crippen LogP contribution < -0.4 is 26.8 Å². The smallest absolute Gasteiger partial charge is 0.302 e. The van der Waals surface area contributed by atoms with Crippen molar-refractivity contribution >= 4 is 39.4 Å². The minimum atomic E-state index is -0.576. The number of amides is 1. The molecule has 10 rings (SSSR count). The number of benzene rings is 1. The molecule has 4 aliphatic carbocycles. The fourth-order valence-corrected chi connectivity index (χ4v) is 17.0. The predicted molar refractivity (Wildman–Crippen MR) is 260 cm³/mol. The van der Waals surface area contributed by atoms with Crippen LogP contribution in [0.5, 0.6) is 11.5 Å². The number of aryl methyl sites for hydroxylation is 1. The molecule has 7 atom stereocenters. The van der Waals surface area contributed by atoms with Gasteiger partial charge in [-0.05, 0) is 126 Å². The molecule has 1 amide bonds. The maximum absolute atomic E-state index is 14.4. The number of aliphatic hydroxyl groups excluding tert-OH is 1. The van der Waals surface area contributed by atoms with Crippen LogP contribution in [-0.4, -0.2) is 81.0 Å². The number of phenols is 1. The van der Waals surface area contributed by atoms with Crippen LogP contribution in [0.3, 0.4) is 0 Å². The molecule has 4 fully saturated rings. The number of nitrogens with zero attached hydrogens (tertiary/aromatic N) is 2. The van der Waals surface area contributed by atoms with Gasteiger partial charge < -0.3 is 46.7 Å². The third-order valence-electron chi connectivity index (χ3n) is 16.6. The number of hydrogen-bond acceptors (Lipinski definition) is 13. The summed E-state index contributed by atoms with van der Waals surface area (Å²) >= 11 is 0. The highest BCUT2D eigenvalue weighted by Gasteiger charge is 2.57. The van der Waals surface area contributed by atoms with Crippen LogP contribution in [0.1, 0.15) is 164 Å². The second-order valence-electron chi connectivity index (χ2n) is 21.1. The third kappa shape index (κ3) is 9.92. The van der Waals surface area contributed by atoms with Crippen LogP contribution in [0.25, 0.3) is 0 Å². The molecule has 3 saturated carbocycles. The Labute approximate surface area is 394 Å². The van der Waals surface area contributed by atoms with Crippen LogP contribution in [0.4, 0.5) is 0 Å². The lowest BCUT2D eigenvalue weighted by atomic mass is 9.75. The molecule has 1 aromatic carbocycles. The number of phenolic OH excluding ortho intramolecular Hbond substituents is 1. The van der Waals surface area contributed by atoms with Gasteiger partial charge in [-0.25, -0.2) is 0 Å². The number of aliphatic imine (C=N–C) groups is 1. The van der Waals surface area contributed by atoms with Crippen molar-refractivity contribution in [3.8, 4) is 11.5 Å². The van der Waals surface area contributed by atoms with Gasteiger partial charge in [-0.15, -0.1) is 0 Å². The molecule has 0 unspecified atom stereocenters. The summed E-state index contributed by atoms with van der Waals surface area (Å²) < 4.78 is 13.0. The molecule has 8 N–H and O–H groups in total. The highest BCUT2D eigenvalue weighted by atomic mass is 33.1. The van der Waals surface area contributed by atoms with Gasteiger partial charge in [0.1, 0.15) is 16.6 Å². The van der Waals surface area contributed by atoms with Crippen molar-refractivity contribution < 1.29 is 29.3 Å². The summed E-state index contributed by atoms with van der Waals surface area (Å²) in [7, 11) is 3.96. The largest absolute Gasteiger partial charge is 0.504 e. The van der Waals surface area contributed by atoms with Crippen LogP contribution in [0.15, 0.2) is 46.8 Å². The Morgan fingerprint density at radius 3 is 2.66 bits per heavy atom. The van der Waals surface area contributed by atoms with Gasteiger partial charge in [-0.3, -0.25) is 14.6 Å². The number of hydrogen-bond donors (Lipinski definition) is 6. The molecule has 356 valence electrons. The van der Waals surface area contributed by atoms with Gasteiger partial charge in [-0.1, -0.05) is 65.8 Å². The molecule has 14 heteroatoms. The highest BCUT2D eigenvalue weighted by molar-refractivity contribution is 8.77. The summed E-state index contributed by atoms with van der Waals surface area (Å²) in [4.78, 5) is 33.7. The number of aromatic hydroxyl groups is 1. The highest BCUT2D eigenvalue weighted by Crippen LogP contribution is 2.63. The molecular weight excluding hydrogens is 857 g/mol. The van der Waals surface area contributed by atoms with E-state index in [-0.39, 0.29) is 40.4 Å². The summed E-state index contributed by atoms with van der Waals surface area (Å²) in [6.07, 6.45) is 28.1. The quantitative estimate of drug-likeness (QED) is 0.0967. The molecule has 0 radical (unpaired) electrons. The molecule has 5 heterocycles. The zero-order valence-electron chi connectivity index (χ0n) is 38.7. The monoisotopic (exact) mass is 931 g/mol. The van der Waals surface area contributed by atoms with E-state index >= 15 is 0 Å². The van der Waals surface area contributed by atoms with Crippen LogP contribution >= 0.6 is 21.6 Å². The van der Waals surface area contributed by atoms with Crippen LogP contribution in [-0.2, 0) is 27.3 Å². The van der Waals surface area contributed by atoms with E-state index in [0.717, 1.165) is 80.2 Å². The van der Waals surface area contributed by atoms with Crippen molar-refractivity contribution in [2.24, 2.45) is 33.2 Å². The van der Waals surface area contributed by atoms with Gasteiger partial charge in [0.25, 0.3) is 0 Å². The van der Waals surface area contributed by atoms with Gasteiger partial charge in [0.2, 0.25) is 5.91 Å². The Kier molecular flexibility index (Phi) is 14.1. The number of rotatable bonds is 3. The van der Waals surface area contributed by atoms with E-state index in [4.69, 9.17) is 25.9 Å². The minimum absolute atomic E-state index is 0.0438. The molecule has 1 aromatic rings. The Morgan fingerprint density at radius 2 is 1.83 bits per heavy atom.